The van der Waals surface area contributed by atoms with Gasteiger partial charge in [-0.15, -0.1) is 15.7 Å². The van der Waals surface area contributed by atoms with Crippen molar-refractivity contribution in [3.8, 4) is 0 Å². The highest BCUT2D eigenvalue weighted by atomic mass is 32.2. The molecule has 9 heteroatoms. The zero-order valence-corrected chi connectivity index (χ0v) is 19.0. The molecule has 3 aromatic rings. The molecule has 1 saturated heterocycles. The minimum absolute atomic E-state index is 0.107. The predicted octanol–water partition coefficient (Wildman–Crippen LogP) is 3.73. The molecule has 7 nitrogen and oxygen atoms in total. The van der Waals surface area contributed by atoms with Gasteiger partial charge in [0.05, 0.1) is 19.4 Å². The second-order valence-electron chi connectivity index (χ2n) is 8.00. The number of sulfonamides is 1. The Morgan fingerprint density at radius 3 is 2.62 bits per heavy atom. The van der Waals surface area contributed by atoms with Gasteiger partial charge in [0.15, 0.2) is 5.84 Å². The summed E-state index contributed by atoms with van der Waals surface area (Å²) in [5.74, 6) is 1.25. The number of amidine groups is 1. The van der Waals surface area contributed by atoms with Gasteiger partial charge >= 0.3 is 0 Å². The fourth-order valence-electron chi connectivity index (χ4n) is 4.31. The maximum Gasteiger partial charge on any atom is 0.285 e. The highest BCUT2D eigenvalue weighted by Crippen LogP contribution is 2.30. The third-order valence-electron chi connectivity index (χ3n) is 5.92. The van der Waals surface area contributed by atoms with E-state index in [1.807, 2.05) is 45.5 Å². The summed E-state index contributed by atoms with van der Waals surface area (Å²) in [7, 11) is -3.64. The molecule has 0 atom stereocenters. The van der Waals surface area contributed by atoms with E-state index in [1.54, 1.807) is 35.8 Å². The second-order valence-corrected chi connectivity index (χ2v) is 10.6. The van der Waals surface area contributed by atoms with Gasteiger partial charge < -0.3 is 14.2 Å². The molecule has 0 spiro atoms. The third kappa shape index (κ3) is 4.10. The van der Waals surface area contributed by atoms with E-state index in [0.717, 1.165) is 10.6 Å². The molecular weight excluding hydrogens is 446 g/mol. The van der Waals surface area contributed by atoms with Crippen LogP contribution in [-0.4, -0.2) is 43.0 Å². The average Bonchev–Trinajstić information content (AvgIpc) is 3.55. The Morgan fingerprint density at radius 2 is 1.91 bits per heavy atom. The lowest BCUT2D eigenvalue weighted by Gasteiger charge is -2.35. The lowest BCUT2D eigenvalue weighted by molar-refractivity contribution is -0.138. The van der Waals surface area contributed by atoms with Gasteiger partial charge in [0.1, 0.15) is 10.7 Å². The number of likely N-dealkylation sites (tertiary alicyclic amines) is 1. The van der Waals surface area contributed by atoms with Crippen LogP contribution < -0.4 is 0 Å². The van der Waals surface area contributed by atoms with Crippen LogP contribution >= 0.6 is 11.3 Å². The number of hydrogen-bond donors (Lipinski definition) is 0. The first-order chi connectivity index (χ1) is 15.5. The van der Waals surface area contributed by atoms with Crippen molar-refractivity contribution in [2.45, 2.75) is 30.8 Å². The Kier molecular flexibility index (Phi) is 5.60. The number of thiophene rings is 1. The van der Waals surface area contributed by atoms with Crippen LogP contribution in [0.5, 0.6) is 0 Å². The minimum Gasteiger partial charge on any atom is -0.467 e. The Bertz CT molecular complexity index is 1190. The maximum absolute atomic E-state index is 13.4. The van der Waals surface area contributed by atoms with Gasteiger partial charge in [-0.2, -0.15) is 8.42 Å². The van der Waals surface area contributed by atoms with Gasteiger partial charge in [-0.25, -0.2) is 0 Å². The topological polar surface area (TPSA) is 83.2 Å². The predicted molar refractivity (Wildman–Crippen MR) is 122 cm³/mol. The number of benzene rings is 1. The van der Waals surface area contributed by atoms with Crippen LogP contribution in [0, 0.1) is 5.92 Å². The molecule has 1 fully saturated rings. The van der Waals surface area contributed by atoms with Gasteiger partial charge in [0.2, 0.25) is 5.91 Å². The SMILES string of the molecule is O=C(C1CCN(C2=NS(=O)(=O)c3ccccc32)CC1)N(Cc1ccco1)Cc1cccs1. The molecule has 4 heterocycles. The van der Waals surface area contributed by atoms with Gasteiger partial charge in [-0.3, -0.25) is 4.79 Å². The van der Waals surface area contributed by atoms with Crippen molar-refractivity contribution < 1.29 is 17.6 Å². The van der Waals surface area contributed by atoms with Gasteiger partial charge in [-0.1, -0.05) is 18.2 Å². The van der Waals surface area contributed by atoms with Crippen molar-refractivity contribution in [1.29, 1.82) is 0 Å². The van der Waals surface area contributed by atoms with E-state index in [4.69, 9.17) is 4.42 Å². The number of nitrogens with zero attached hydrogens (tertiary/aromatic N) is 3. The Hall–Kier alpha value is -2.91. The molecule has 2 aromatic heterocycles. The molecule has 32 heavy (non-hydrogen) atoms. The number of rotatable bonds is 5. The number of furan rings is 1. The van der Waals surface area contributed by atoms with Crippen molar-refractivity contribution in [3.05, 3.63) is 76.4 Å². The van der Waals surface area contributed by atoms with Gasteiger partial charge in [0, 0.05) is 29.4 Å². The molecule has 0 aliphatic carbocycles. The first-order valence-electron chi connectivity index (χ1n) is 10.5. The normalized spacial score (nSPS) is 17.8. The first-order valence-corrected chi connectivity index (χ1v) is 12.9. The van der Waals surface area contributed by atoms with Crippen LogP contribution in [0.2, 0.25) is 0 Å². The first kappa shape index (κ1) is 21.0. The molecule has 0 N–H and O–H groups in total. The molecule has 1 amide bonds. The third-order valence-corrected chi connectivity index (χ3v) is 8.11. The van der Waals surface area contributed by atoms with Crippen molar-refractivity contribution in [3.63, 3.8) is 0 Å². The lowest BCUT2D eigenvalue weighted by atomic mass is 9.94. The molecule has 0 saturated carbocycles. The minimum atomic E-state index is -3.64. The quantitative estimate of drug-likeness (QED) is 0.569. The standard InChI is InChI=1S/C23H23N3O4S2/c27-23(26(15-18-5-3-13-30-18)16-19-6-4-14-31-19)17-9-11-25(12-10-17)22-20-7-1-2-8-21(20)32(28,29)24-22/h1-8,13-14,17H,9-12,15-16H2. The van der Waals surface area contributed by atoms with Crippen LogP contribution in [-0.2, 0) is 27.9 Å². The monoisotopic (exact) mass is 469 g/mol. The summed E-state index contributed by atoms with van der Waals surface area (Å²) < 4.78 is 34.3. The zero-order chi connectivity index (χ0) is 22.1. The Morgan fingerprint density at radius 1 is 1.09 bits per heavy atom. The van der Waals surface area contributed by atoms with Crippen LogP contribution in [0.15, 0.2) is 73.9 Å². The average molecular weight is 470 g/mol. The van der Waals surface area contributed by atoms with E-state index in [-0.39, 0.29) is 16.7 Å². The fourth-order valence-corrected chi connectivity index (χ4v) is 6.25. The molecule has 2 aliphatic heterocycles. The summed E-state index contributed by atoms with van der Waals surface area (Å²) in [5, 5.41) is 2.01. The zero-order valence-electron chi connectivity index (χ0n) is 17.4. The Balaban J connectivity index is 1.29. The van der Waals surface area contributed by atoms with E-state index in [1.165, 1.54) is 0 Å². The molecule has 166 valence electrons. The number of carbonyl (C=O) groups is 1. The van der Waals surface area contributed by atoms with Crippen molar-refractivity contribution in [1.82, 2.24) is 9.80 Å². The van der Waals surface area contributed by atoms with Crippen LogP contribution in [0.1, 0.15) is 29.0 Å². The molecule has 5 rings (SSSR count). The summed E-state index contributed by atoms with van der Waals surface area (Å²) >= 11 is 1.63. The second kappa shape index (κ2) is 8.55. The highest BCUT2D eigenvalue weighted by molar-refractivity contribution is 7.90. The van der Waals surface area contributed by atoms with Crippen LogP contribution in [0.25, 0.3) is 0 Å². The molecule has 0 unspecified atom stereocenters. The largest absolute Gasteiger partial charge is 0.467 e. The number of fused-ring (bicyclic) bond motifs is 1. The summed E-state index contributed by atoms with van der Waals surface area (Å²) in [6.07, 6.45) is 2.92. The maximum atomic E-state index is 13.4. The molecule has 1 aromatic carbocycles. The Labute approximate surface area is 191 Å². The highest BCUT2D eigenvalue weighted by Gasteiger charge is 2.35. The molecule has 0 bridgehead atoms. The van der Waals surface area contributed by atoms with Crippen LogP contribution in [0.4, 0.5) is 0 Å². The summed E-state index contributed by atoms with van der Waals surface area (Å²) in [6.45, 7) is 2.16. The van der Waals surface area contributed by atoms with E-state index in [2.05, 4.69) is 4.40 Å². The van der Waals surface area contributed by atoms with Crippen molar-refractivity contribution in [2.75, 3.05) is 13.1 Å². The van der Waals surface area contributed by atoms with Gasteiger partial charge in [-0.05, 0) is 48.6 Å². The van der Waals surface area contributed by atoms with E-state index in [0.29, 0.717) is 50.4 Å². The van der Waals surface area contributed by atoms with Crippen molar-refractivity contribution in [2.24, 2.45) is 10.3 Å². The summed E-state index contributed by atoms with van der Waals surface area (Å²) in [4.78, 5) is 18.7. The van der Waals surface area contributed by atoms with E-state index < -0.39 is 10.0 Å². The molecular formula is C23H23N3O4S2. The molecule has 0 radical (unpaired) electrons. The van der Waals surface area contributed by atoms with E-state index in [9.17, 15) is 13.2 Å². The number of piperidine rings is 1. The number of carbonyl (C=O) groups excluding carboxylic acids is 1. The molecule has 2 aliphatic rings. The lowest BCUT2D eigenvalue weighted by Crippen LogP contribution is -2.44. The van der Waals surface area contributed by atoms with Gasteiger partial charge in [0.25, 0.3) is 10.0 Å². The number of amides is 1. The van der Waals surface area contributed by atoms with Crippen LogP contribution in [0.3, 0.4) is 0 Å². The van der Waals surface area contributed by atoms with Crippen molar-refractivity contribution >= 4 is 33.1 Å². The summed E-state index contributed by atoms with van der Waals surface area (Å²) in [5.41, 5.74) is 0.648. The van der Waals surface area contributed by atoms with E-state index >= 15 is 0 Å². The summed E-state index contributed by atoms with van der Waals surface area (Å²) in [6, 6.07) is 14.7. The smallest absolute Gasteiger partial charge is 0.285 e. The fraction of sp³-hybridized carbons (Fsp3) is 0.304. The number of hydrogen-bond acceptors (Lipinski definition) is 6.